The van der Waals surface area contributed by atoms with Crippen LogP contribution in [0.4, 0.5) is 0 Å². The summed E-state index contributed by atoms with van der Waals surface area (Å²) in [5.74, 6) is 0.231. The third-order valence-corrected chi connectivity index (χ3v) is 3.61. The fourth-order valence-corrected chi connectivity index (χ4v) is 2.44. The predicted molar refractivity (Wildman–Crippen MR) is 77.3 cm³/mol. The molecule has 1 aromatic carbocycles. The first-order chi connectivity index (χ1) is 9.70. The summed E-state index contributed by atoms with van der Waals surface area (Å²) in [4.78, 5) is 14.3. The predicted octanol–water partition coefficient (Wildman–Crippen LogP) is 1.62. The average molecular weight is 278 g/mol. The van der Waals surface area contributed by atoms with Crippen molar-refractivity contribution < 1.29 is 14.6 Å². The van der Waals surface area contributed by atoms with Crippen LogP contribution in [0, 0.1) is 0 Å². The first kappa shape index (κ1) is 14.7. The molecule has 0 aliphatic carbocycles. The zero-order chi connectivity index (χ0) is 14.4. The number of ether oxygens (including phenoxy) is 1. The first-order valence-corrected chi connectivity index (χ1v) is 7.08. The minimum absolute atomic E-state index is 0.0557. The minimum atomic E-state index is -0.248. The van der Waals surface area contributed by atoms with Crippen LogP contribution in [-0.2, 0) is 0 Å². The maximum Gasteiger partial charge on any atom is 0.255 e. The molecule has 0 aromatic heterocycles. The lowest BCUT2D eigenvalue weighted by Crippen LogP contribution is -2.37. The number of rotatable bonds is 5. The van der Waals surface area contributed by atoms with Crippen LogP contribution in [0.1, 0.15) is 29.6 Å². The van der Waals surface area contributed by atoms with E-state index in [1.165, 1.54) is 32.4 Å². The molecule has 20 heavy (non-hydrogen) atoms. The number of hydrogen-bond donors (Lipinski definition) is 2. The molecule has 1 aromatic rings. The van der Waals surface area contributed by atoms with Gasteiger partial charge in [0.1, 0.15) is 11.5 Å². The van der Waals surface area contributed by atoms with Gasteiger partial charge in [-0.15, -0.1) is 0 Å². The topological polar surface area (TPSA) is 61.8 Å². The summed E-state index contributed by atoms with van der Waals surface area (Å²) in [5, 5.41) is 12.6. The molecule has 1 fully saturated rings. The lowest BCUT2D eigenvalue weighted by molar-refractivity contribution is 0.0944. The summed E-state index contributed by atoms with van der Waals surface area (Å²) in [6.07, 6.45) is 3.79. The van der Waals surface area contributed by atoms with Crippen LogP contribution in [0.3, 0.4) is 0 Å². The van der Waals surface area contributed by atoms with Crippen molar-refractivity contribution in [3.8, 4) is 11.5 Å². The number of carbonyl (C=O) groups is 1. The van der Waals surface area contributed by atoms with Gasteiger partial charge in [-0.1, -0.05) is 6.42 Å². The second-order valence-corrected chi connectivity index (χ2v) is 5.04. The molecule has 2 rings (SSSR count). The Morgan fingerprint density at radius 2 is 2.10 bits per heavy atom. The summed E-state index contributed by atoms with van der Waals surface area (Å²) in [6, 6.07) is 4.68. The van der Waals surface area contributed by atoms with Gasteiger partial charge < -0.3 is 20.1 Å². The summed E-state index contributed by atoms with van der Waals surface area (Å²) in [5.41, 5.74) is 0.282. The Morgan fingerprint density at radius 1 is 1.35 bits per heavy atom. The fourth-order valence-electron chi connectivity index (χ4n) is 2.44. The van der Waals surface area contributed by atoms with Gasteiger partial charge in [0.2, 0.25) is 0 Å². The van der Waals surface area contributed by atoms with E-state index in [0.29, 0.717) is 12.3 Å². The van der Waals surface area contributed by atoms with Gasteiger partial charge in [-0.25, -0.2) is 0 Å². The van der Waals surface area contributed by atoms with E-state index in [-0.39, 0.29) is 17.2 Å². The lowest BCUT2D eigenvalue weighted by atomic mass is 10.1. The quantitative estimate of drug-likeness (QED) is 0.859. The number of amides is 1. The second kappa shape index (κ2) is 7.14. The highest BCUT2D eigenvalue weighted by atomic mass is 16.5. The number of nitrogens with one attached hydrogen (secondary N) is 1. The largest absolute Gasteiger partial charge is 0.507 e. The van der Waals surface area contributed by atoms with Crippen molar-refractivity contribution >= 4 is 5.91 Å². The van der Waals surface area contributed by atoms with Gasteiger partial charge in [-0.2, -0.15) is 0 Å². The van der Waals surface area contributed by atoms with Crippen LogP contribution in [0.2, 0.25) is 0 Å². The molecular formula is C15H22N2O3. The number of carbonyl (C=O) groups excluding carboxylic acids is 1. The Labute approximate surface area is 119 Å². The maximum atomic E-state index is 12.0. The average Bonchev–Trinajstić information content (AvgIpc) is 2.48. The normalized spacial score (nSPS) is 15.8. The molecule has 0 unspecified atom stereocenters. The van der Waals surface area contributed by atoms with E-state index in [1.54, 1.807) is 12.1 Å². The van der Waals surface area contributed by atoms with E-state index >= 15 is 0 Å². The van der Waals surface area contributed by atoms with Crippen molar-refractivity contribution in [3.63, 3.8) is 0 Å². The zero-order valence-corrected chi connectivity index (χ0v) is 11.9. The van der Waals surface area contributed by atoms with Crippen molar-refractivity contribution in [2.24, 2.45) is 0 Å². The smallest absolute Gasteiger partial charge is 0.255 e. The van der Waals surface area contributed by atoms with Crippen LogP contribution < -0.4 is 10.1 Å². The minimum Gasteiger partial charge on any atom is -0.507 e. The third-order valence-electron chi connectivity index (χ3n) is 3.61. The summed E-state index contributed by atoms with van der Waals surface area (Å²) in [6.45, 7) is 3.69. The molecule has 0 saturated carbocycles. The van der Waals surface area contributed by atoms with Gasteiger partial charge in [-0.3, -0.25) is 4.79 Å². The molecular weight excluding hydrogens is 256 g/mol. The zero-order valence-electron chi connectivity index (χ0n) is 11.9. The Kier molecular flexibility index (Phi) is 5.24. The summed E-state index contributed by atoms with van der Waals surface area (Å²) < 4.78 is 4.99. The number of methoxy groups -OCH3 is 1. The van der Waals surface area contributed by atoms with Crippen LogP contribution >= 0.6 is 0 Å². The molecule has 5 heteroatoms. The van der Waals surface area contributed by atoms with E-state index in [1.807, 2.05) is 0 Å². The number of phenolic OH excluding ortho intramolecular Hbond substituents is 1. The number of aromatic hydroxyl groups is 1. The van der Waals surface area contributed by atoms with E-state index in [2.05, 4.69) is 10.2 Å². The molecule has 0 atom stereocenters. The first-order valence-electron chi connectivity index (χ1n) is 7.08. The molecule has 0 bridgehead atoms. The highest BCUT2D eigenvalue weighted by Gasteiger charge is 2.13. The SMILES string of the molecule is COc1ccc(C(=O)NCCN2CCCCC2)c(O)c1. The fraction of sp³-hybridized carbons (Fsp3) is 0.533. The number of hydrogen-bond acceptors (Lipinski definition) is 4. The molecule has 1 aliphatic rings. The number of benzene rings is 1. The van der Waals surface area contributed by atoms with Crippen molar-refractivity contribution in [1.29, 1.82) is 0 Å². The Morgan fingerprint density at radius 3 is 2.75 bits per heavy atom. The van der Waals surface area contributed by atoms with E-state index < -0.39 is 0 Å². The van der Waals surface area contributed by atoms with E-state index in [4.69, 9.17) is 4.74 Å². The van der Waals surface area contributed by atoms with Gasteiger partial charge in [0.05, 0.1) is 12.7 Å². The Balaban J connectivity index is 1.82. The van der Waals surface area contributed by atoms with Crippen LogP contribution in [0.5, 0.6) is 11.5 Å². The van der Waals surface area contributed by atoms with Gasteiger partial charge in [0, 0.05) is 19.2 Å². The van der Waals surface area contributed by atoms with Crippen LogP contribution in [-0.4, -0.2) is 49.2 Å². The molecule has 0 radical (unpaired) electrons. The molecule has 2 N–H and O–H groups in total. The monoisotopic (exact) mass is 278 g/mol. The molecule has 0 spiro atoms. The van der Waals surface area contributed by atoms with Crippen molar-refractivity contribution in [1.82, 2.24) is 10.2 Å². The standard InChI is InChI=1S/C15H22N2O3/c1-20-12-5-6-13(14(18)11-12)15(19)16-7-10-17-8-3-2-4-9-17/h5-6,11,18H,2-4,7-10H2,1H3,(H,16,19). The number of piperidine rings is 1. The van der Waals surface area contributed by atoms with Crippen molar-refractivity contribution in [3.05, 3.63) is 23.8 Å². The summed E-state index contributed by atoms with van der Waals surface area (Å²) in [7, 11) is 1.52. The van der Waals surface area contributed by atoms with Gasteiger partial charge in [-0.05, 0) is 38.1 Å². The molecule has 5 nitrogen and oxygen atoms in total. The van der Waals surface area contributed by atoms with E-state index in [0.717, 1.165) is 19.6 Å². The van der Waals surface area contributed by atoms with Crippen molar-refractivity contribution in [2.75, 3.05) is 33.3 Å². The van der Waals surface area contributed by atoms with Gasteiger partial charge >= 0.3 is 0 Å². The lowest BCUT2D eigenvalue weighted by Gasteiger charge is -2.26. The van der Waals surface area contributed by atoms with Crippen LogP contribution in [0.15, 0.2) is 18.2 Å². The molecule has 1 amide bonds. The number of likely N-dealkylation sites (tertiary alicyclic amines) is 1. The van der Waals surface area contributed by atoms with Gasteiger partial charge in [0.15, 0.2) is 0 Å². The molecule has 1 saturated heterocycles. The van der Waals surface area contributed by atoms with E-state index in [9.17, 15) is 9.90 Å². The highest BCUT2D eigenvalue weighted by molar-refractivity contribution is 5.96. The third kappa shape index (κ3) is 3.87. The van der Waals surface area contributed by atoms with Crippen LogP contribution in [0.25, 0.3) is 0 Å². The van der Waals surface area contributed by atoms with Gasteiger partial charge in [0.25, 0.3) is 5.91 Å². The Bertz CT molecular complexity index is 456. The Hall–Kier alpha value is -1.75. The van der Waals surface area contributed by atoms with Crippen molar-refractivity contribution in [2.45, 2.75) is 19.3 Å². The number of nitrogens with zero attached hydrogens (tertiary/aromatic N) is 1. The molecule has 110 valence electrons. The molecule has 1 aliphatic heterocycles. The maximum absolute atomic E-state index is 12.0. The number of phenols is 1. The highest BCUT2D eigenvalue weighted by Crippen LogP contribution is 2.23. The summed E-state index contributed by atoms with van der Waals surface area (Å²) >= 11 is 0. The molecule has 1 heterocycles. The second-order valence-electron chi connectivity index (χ2n) is 5.04.